The molecular weight excluding hydrogens is 449 g/mol. The van der Waals surface area contributed by atoms with Gasteiger partial charge in [0.25, 0.3) is 14.2 Å². The predicted molar refractivity (Wildman–Crippen MR) is 132 cm³/mol. The number of nitrogens with zero attached hydrogens (tertiary/aromatic N) is 3. The molecule has 4 rings (SSSR count). The Morgan fingerprint density at radius 3 is 2.26 bits per heavy atom. The predicted octanol–water partition coefficient (Wildman–Crippen LogP) is 5.97. The molecule has 0 radical (unpaired) electrons. The summed E-state index contributed by atoms with van der Waals surface area (Å²) in [6.07, 6.45) is 0.436. The molecular formula is C26H32FN3O3Si. The molecule has 6 nitrogen and oxygen atoms in total. The molecule has 0 saturated carbocycles. The molecule has 0 spiro atoms. The summed E-state index contributed by atoms with van der Waals surface area (Å²) in [5.74, 6) is -0.289. The molecule has 1 N–H and O–H groups in total. The first-order valence-electron chi connectivity index (χ1n) is 11.8. The van der Waals surface area contributed by atoms with Crippen LogP contribution in [-0.2, 0) is 6.54 Å². The van der Waals surface area contributed by atoms with E-state index in [-0.39, 0.29) is 46.2 Å². The summed E-state index contributed by atoms with van der Waals surface area (Å²) in [4.78, 5) is 24.2. The highest BCUT2D eigenvalue weighted by atomic mass is 28.4. The fourth-order valence-corrected chi connectivity index (χ4v) is 10.7. The number of fused-ring (bicyclic) bond motifs is 2. The second-order valence-corrected chi connectivity index (χ2v) is 15.3. The van der Waals surface area contributed by atoms with Crippen molar-refractivity contribution in [1.29, 1.82) is 0 Å². The van der Waals surface area contributed by atoms with E-state index in [1.165, 1.54) is 17.0 Å². The number of rotatable bonds is 7. The second kappa shape index (κ2) is 9.07. The van der Waals surface area contributed by atoms with Crippen molar-refractivity contribution in [2.45, 2.75) is 70.9 Å². The smallest absolute Gasteiger partial charge is 0.262 e. The summed E-state index contributed by atoms with van der Waals surface area (Å²) in [5.41, 5.74) is 3.23. The molecule has 0 fully saturated rings. The van der Waals surface area contributed by atoms with Crippen molar-refractivity contribution in [2.75, 3.05) is 0 Å². The van der Waals surface area contributed by atoms with Gasteiger partial charge in [0.1, 0.15) is 28.3 Å². The number of carbonyl (C=O) groups is 1. The van der Waals surface area contributed by atoms with Gasteiger partial charge in [-0.3, -0.25) is 9.78 Å². The Morgan fingerprint density at radius 1 is 1.06 bits per heavy atom. The normalized spacial score (nSPS) is 16.3. The van der Waals surface area contributed by atoms with Gasteiger partial charge in [0.15, 0.2) is 6.23 Å². The number of carbonyl (C=O) groups excluding carboxylic acids is 1. The van der Waals surface area contributed by atoms with Crippen LogP contribution in [0.2, 0.25) is 16.6 Å². The van der Waals surface area contributed by atoms with Crippen LogP contribution in [0.3, 0.4) is 0 Å². The maximum Gasteiger partial charge on any atom is 0.262 e. The van der Waals surface area contributed by atoms with Crippen LogP contribution in [0.4, 0.5) is 4.39 Å². The fourth-order valence-electron chi connectivity index (χ4n) is 5.45. The van der Waals surface area contributed by atoms with Crippen molar-refractivity contribution in [1.82, 2.24) is 14.9 Å². The molecule has 0 saturated heterocycles. The van der Waals surface area contributed by atoms with E-state index < -0.39 is 14.5 Å². The Bertz CT molecular complexity index is 1190. The average molecular weight is 482 g/mol. The largest absolute Gasteiger partial charge is 0.541 e. The van der Waals surface area contributed by atoms with Gasteiger partial charge in [0, 0.05) is 12.7 Å². The maximum atomic E-state index is 13.7. The molecule has 3 heterocycles. The number of hydrogen-bond donors (Lipinski definition) is 1. The van der Waals surface area contributed by atoms with Crippen LogP contribution in [0.1, 0.15) is 69.4 Å². The van der Waals surface area contributed by atoms with Gasteiger partial charge < -0.3 is 14.4 Å². The minimum atomic E-state index is -2.44. The maximum absolute atomic E-state index is 13.7. The van der Waals surface area contributed by atoms with E-state index in [2.05, 4.69) is 51.5 Å². The topological polar surface area (TPSA) is 75.6 Å². The Kier molecular flexibility index (Phi) is 6.48. The van der Waals surface area contributed by atoms with E-state index in [0.29, 0.717) is 22.3 Å². The molecule has 0 bridgehead atoms. The van der Waals surface area contributed by atoms with Crippen molar-refractivity contribution < 1.29 is 18.7 Å². The van der Waals surface area contributed by atoms with E-state index >= 15 is 0 Å². The van der Waals surface area contributed by atoms with Crippen LogP contribution >= 0.6 is 0 Å². The standard InChI is InChI=1S/C26H32FN3O3Si/c1-15(2)34(16(3)4,17(5)6)33-24-21-23(29-20-8-7-13-28-22(20)24)26(32)30(25(21)31)14-18-9-11-19(27)12-10-18/h7-13,15-17,26,32H,14H2,1-6H3. The van der Waals surface area contributed by atoms with Crippen LogP contribution in [0, 0.1) is 5.82 Å². The van der Waals surface area contributed by atoms with E-state index in [1.807, 2.05) is 6.07 Å². The molecule has 8 heteroatoms. The zero-order valence-corrected chi connectivity index (χ0v) is 21.5. The second-order valence-electron chi connectivity index (χ2n) is 9.93. The summed E-state index contributed by atoms with van der Waals surface area (Å²) in [7, 11) is -2.44. The van der Waals surface area contributed by atoms with Gasteiger partial charge in [0.2, 0.25) is 0 Å². The van der Waals surface area contributed by atoms with Crippen LogP contribution in [0.15, 0.2) is 42.6 Å². The Morgan fingerprint density at radius 2 is 1.68 bits per heavy atom. The zero-order valence-electron chi connectivity index (χ0n) is 20.5. The van der Waals surface area contributed by atoms with Crippen molar-refractivity contribution >= 4 is 25.3 Å². The number of benzene rings is 1. The molecule has 1 aliphatic heterocycles. The highest BCUT2D eigenvalue weighted by molar-refractivity contribution is 6.78. The number of halogens is 1. The molecule has 3 aromatic rings. The number of aliphatic hydroxyl groups is 1. The van der Waals surface area contributed by atoms with Gasteiger partial charge in [-0.2, -0.15) is 0 Å². The van der Waals surface area contributed by atoms with E-state index in [1.54, 1.807) is 24.4 Å². The number of aromatic nitrogens is 2. The summed E-state index contributed by atoms with van der Waals surface area (Å²) in [5, 5.41) is 11.1. The first-order chi connectivity index (χ1) is 16.1. The van der Waals surface area contributed by atoms with Gasteiger partial charge >= 0.3 is 0 Å². The molecule has 1 aromatic carbocycles. The van der Waals surface area contributed by atoms with Gasteiger partial charge in [0.05, 0.1) is 5.52 Å². The molecule has 0 aliphatic carbocycles. The molecule has 1 aliphatic rings. The van der Waals surface area contributed by atoms with Gasteiger partial charge in [-0.15, -0.1) is 0 Å². The van der Waals surface area contributed by atoms with Crippen molar-refractivity contribution in [3.05, 3.63) is 65.2 Å². The third kappa shape index (κ3) is 3.88. The molecule has 1 atom stereocenters. The average Bonchev–Trinajstić information content (AvgIpc) is 3.02. The van der Waals surface area contributed by atoms with E-state index in [9.17, 15) is 14.3 Å². The summed E-state index contributed by atoms with van der Waals surface area (Å²) in [6.45, 7) is 13.2. The van der Waals surface area contributed by atoms with Crippen LogP contribution in [0.25, 0.3) is 11.0 Å². The molecule has 34 heavy (non-hydrogen) atoms. The monoisotopic (exact) mass is 481 g/mol. The van der Waals surface area contributed by atoms with E-state index in [0.717, 1.165) is 0 Å². The summed E-state index contributed by atoms with van der Waals surface area (Å²) in [6, 6.07) is 9.50. The van der Waals surface area contributed by atoms with Crippen LogP contribution in [0.5, 0.6) is 5.75 Å². The van der Waals surface area contributed by atoms with E-state index in [4.69, 9.17) is 4.43 Å². The van der Waals surface area contributed by atoms with Crippen LogP contribution < -0.4 is 4.43 Å². The SMILES string of the molecule is CC(C)[Si](Oc1c2c(nc3cccnc13)C(O)N(Cc1ccc(F)cc1)C2=O)(C(C)C)C(C)C. The first kappa shape index (κ1) is 24.3. The molecule has 180 valence electrons. The Labute approximate surface area is 200 Å². The number of amides is 1. The minimum absolute atomic E-state index is 0.126. The number of pyridine rings is 2. The summed E-state index contributed by atoms with van der Waals surface area (Å²) >= 11 is 0. The molecule has 1 unspecified atom stereocenters. The quantitative estimate of drug-likeness (QED) is 0.421. The number of aliphatic hydroxyl groups excluding tert-OH is 1. The highest BCUT2D eigenvalue weighted by Gasteiger charge is 2.49. The summed E-state index contributed by atoms with van der Waals surface area (Å²) < 4.78 is 20.4. The van der Waals surface area contributed by atoms with Crippen molar-refractivity contribution in [3.63, 3.8) is 0 Å². The lowest BCUT2D eigenvalue weighted by molar-refractivity contribution is 0.0120. The van der Waals surface area contributed by atoms with Gasteiger partial charge in [-0.05, 0) is 46.5 Å². The lowest BCUT2D eigenvalue weighted by Gasteiger charge is -2.42. The lowest BCUT2D eigenvalue weighted by Crippen LogP contribution is -2.51. The number of hydrogen-bond acceptors (Lipinski definition) is 5. The Hall–Kier alpha value is -2.84. The van der Waals surface area contributed by atoms with Crippen molar-refractivity contribution in [3.8, 4) is 5.75 Å². The molecule has 2 aromatic heterocycles. The lowest BCUT2D eigenvalue weighted by atomic mass is 10.1. The fraction of sp³-hybridized carbons (Fsp3) is 0.423. The Balaban J connectivity index is 1.88. The van der Waals surface area contributed by atoms with Gasteiger partial charge in [-0.1, -0.05) is 53.7 Å². The van der Waals surface area contributed by atoms with Gasteiger partial charge in [-0.25, -0.2) is 9.37 Å². The van der Waals surface area contributed by atoms with Crippen LogP contribution in [-0.4, -0.2) is 34.2 Å². The zero-order chi connectivity index (χ0) is 24.8. The third-order valence-electron chi connectivity index (χ3n) is 6.99. The van der Waals surface area contributed by atoms with Crippen molar-refractivity contribution in [2.24, 2.45) is 0 Å². The third-order valence-corrected chi connectivity index (χ3v) is 13.0. The minimum Gasteiger partial charge on any atom is -0.541 e. The molecule has 1 amide bonds. The highest BCUT2D eigenvalue weighted by Crippen LogP contribution is 2.47. The first-order valence-corrected chi connectivity index (χ1v) is 13.9.